The number of amides is 1. The van der Waals surface area contributed by atoms with E-state index < -0.39 is 5.97 Å². The van der Waals surface area contributed by atoms with Gasteiger partial charge in [-0.3, -0.25) is 4.79 Å². The molecule has 1 N–H and O–H groups in total. The standard InChI is InChI=1S/C12H11BrN4O3S/c1-6-2-9(21-10(6)13)11(18)16-3-7(4-16)17-5-8(12(19)20)14-15-17/h2,5,7H,3-4H2,1H3,(H,19,20). The smallest absolute Gasteiger partial charge is 0.358 e. The molecule has 1 amide bonds. The maximum absolute atomic E-state index is 12.3. The van der Waals surface area contributed by atoms with Crippen LogP contribution in [0.1, 0.15) is 31.8 Å². The molecule has 1 saturated heterocycles. The van der Waals surface area contributed by atoms with Gasteiger partial charge in [-0.1, -0.05) is 5.21 Å². The van der Waals surface area contributed by atoms with Crippen molar-refractivity contribution in [1.29, 1.82) is 0 Å². The fourth-order valence-electron chi connectivity index (χ4n) is 2.06. The zero-order valence-electron chi connectivity index (χ0n) is 11.0. The van der Waals surface area contributed by atoms with E-state index in [-0.39, 0.29) is 17.6 Å². The number of halogens is 1. The molecule has 0 bridgehead atoms. The minimum absolute atomic E-state index is 0.0105. The van der Waals surface area contributed by atoms with E-state index in [1.54, 1.807) is 4.90 Å². The Morgan fingerprint density at radius 3 is 2.71 bits per heavy atom. The Balaban J connectivity index is 1.64. The number of aromatic carboxylic acids is 1. The summed E-state index contributed by atoms with van der Waals surface area (Å²) in [5.74, 6) is -1.11. The summed E-state index contributed by atoms with van der Waals surface area (Å²) in [4.78, 5) is 25.4. The molecule has 3 heterocycles. The predicted molar refractivity (Wildman–Crippen MR) is 78.7 cm³/mol. The van der Waals surface area contributed by atoms with Crippen molar-refractivity contribution in [2.24, 2.45) is 0 Å². The van der Waals surface area contributed by atoms with Crippen molar-refractivity contribution in [3.05, 3.63) is 32.2 Å². The number of nitrogens with zero attached hydrogens (tertiary/aromatic N) is 4. The number of carboxylic acids is 1. The number of aryl methyl sites for hydroxylation is 1. The molecule has 0 radical (unpaired) electrons. The van der Waals surface area contributed by atoms with Gasteiger partial charge in [0.1, 0.15) is 0 Å². The van der Waals surface area contributed by atoms with E-state index in [2.05, 4.69) is 26.2 Å². The Labute approximate surface area is 132 Å². The Morgan fingerprint density at radius 1 is 1.48 bits per heavy atom. The molecule has 9 heteroatoms. The predicted octanol–water partition coefficient (Wildman–Crippen LogP) is 1.81. The van der Waals surface area contributed by atoms with Gasteiger partial charge in [0.05, 0.1) is 20.9 Å². The second kappa shape index (κ2) is 5.23. The molecule has 7 nitrogen and oxygen atoms in total. The zero-order valence-corrected chi connectivity index (χ0v) is 13.4. The summed E-state index contributed by atoms with van der Waals surface area (Å²) in [6.07, 6.45) is 1.39. The largest absolute Gasteiger partial charge is 0.476 e. The molecule has 21 heavy (non-hydrogen) atoms. The Kier molecular flexibility index (Phi) is 3.54. The fourth-order valence-corrected chi connectivity index (χ4v) is 3.57. The van der Waals surface area contributed by atoms with Crippen molar-refractivity contribution in [3.63, 3.8) is 0 Å². The molecule has 0 aromatic carbocycles. The Morgan fingerprint density at radius 2 is 2.19 bits per heavy atom. The van der Waals surface area contributed by atoms with E-state index >= 15 is 0 Å². The highest BCUT2D eigenvalue weighted by Gasteiger charge is 2.34. The van der Waals surface area contributed by atoms with Crippen LogP contribution in [0.3, 0.4) is 0 Å². The second-order valence-corrected chi connectivity index (χ2v) is 7.19. The van der Waals surface area contributed by atoms with Crippen LogP contribution in [-0.4, -0.2) is 50.0 Å². The summed E-state index contributed by atoms with van der Waals surface area (Å²) < 4.78 is 2.47. The van der Waals surface area contributed by atoms with Crippen molar-refractivity contribution in [2.75, 3.05) is 13.1 Å². The van der Waals surface area contributed by atoms with E-state index in [0.717, 1.165) is 9.35 Å². The number of aromatic nitrogens is 3. The molecular weight excluding hydrogens is 360 g/mol. The molecule has 1 aliphatic rings. The van der Waals surface area contributed by atoms with Gasteiger partial charge < -0.3 is 10.0 Å². The molecule has 0 saturated carbocycles. The molecule has 3 rings (SSSR count). The van der Waals surface area contributed by atoms with Crippen LogP contribution in [-0.2, 0) is 0 Å². The van der Waals surface area contributed by atoms with Crippen LogP contribution < -0.4 is 0 Å². The van der Waals surface area contributed by atoms with Crippen LogP contribution in [0, 0.1) is 6.92 Å². The lowest BCUT2D eigenvalue weighted by Gasteiger charge is -2.38. The van der Waals surface area contributed by atoms with Gasteiger partial charge in [-0.25, -0.2) is 9.48 Å². The number of carbonyl (C=O) groups excluding carboxylic acids is 1. The van der Waals surface area contributed by atoms with Crippen LogP contribution in [0.2, 0.25) is 0 Å². The first-order valence-corrected chi connectivity index (χ1v) is 7.77. The average Bonchev–Trinajstić information content (AvgIpc) is 2.96. The molecule has 2 aromatic heterocycles. The molecular formula is C12H11BrN4O3S. The molecule has 110 valence electrons. The maximum atomic E-state index is 12.3. The monoisotopic (exact) mass is 370 g/mol. The van der Waals surface area contributed by atoms with Crippen LogP contribution in [0.4, 0.5) is 0 Å². The van der Waals surface area contributed by atoms with Crippen molar-refractivity contribution in [3.8, 4) is 0 Å². The number of hydrogen-bond donors (Lipinski definition) is 1. The van der Waals surface area contributed by atoms with Crippen LogP contribution in [0.5, 0.6) is 0 Å². The molecule has 1 fully saturated rings. The van der Waals surface area contributed by atoms with Gasteiger partial charge in [0.15, 0.2) is 5.69 Å². The molecule has 0 unspecified atom stereocenters. The Hall–Kier alpha value is -1.74. The fraction of sp³-hybridized carbons (Fsp3) is 0.333. The quantitative estimate of drug-likeness (QED) is 0.889. The molecule has 0 spiro atoms. The highest BCUT2D eigenvalue weighted by atomic mass is 79.9. The minimum Gasteiger partial charge on any atom is -0.476 e. The number of thiophene rings is 1. The summed E-state index contributed by atoms with van der Waals surface area (Å²) in [6.45, 7) is 2.96. The topological polar surface area (TPSA) is 88.3 Å². The SMILES string of the molecule is Cc1cc(C(=O)N2CC(n3cc(C(=O)O)nn3)C2)sc1Br. The van der Waals surface area contributed by atoms with Crippen molar-refractivity contribution in [2.45, 2.75) is 13.0 Å². The van der Waals surface area contributed by atoms with Crippen molar-refractivity contribution < 1.29 is 14.7 Å². The number of carbonyl (C=O) groups is 2. The van der Waals surface area contributed by atoms with E-state index in [1.165, 1.54) is 22.2 Å². The van der Waals surface area contributed by atoms with Gasteiger partial charge in [-0.05, 0) is 34.5 Å². The third-order valence-electron chi connectivity index (χ3n) is 3.32. The summed E-state index contributed by atoms with van der Waals surface area (Å²) in [7, 11) is 0. The van der Waals surface area contributed by atoms with Gasteiger partial charge in [0.2, 0.25) is 0 Å². The van der Waals surface area contributed by atoms with Gasteiger partial charge >= 0.3 is 5.97 Å². The average molecular weight is 371 g/mol. The van der Waals surface area contributed by atoms with Crippen LogP contribution >= 0.6 is 27.3 Å². The van der Waals surface area contributed by atoms with Crippen molar-refractivity contribution in [1.82, 2.24) is 19.9 Å². The Bertz CT molecular complexity index is 700. The lowest BCUT2D eigenvalue weighted by Crippen LogP contribution is -2.50. The lowest BCUT2D eigenvalue weighted by molar-refractivity contribution is 0.0502. The number of rotatable bonds is 3. The molecule has 2 aromatic rings. The third kappa shape index (κ3) is 2.58. The molecule has 0 aliphatic carbocycles. The molecule has 1 aliphatic heterocycles. The number of likely N-dealkylation sites (tertiary alicyclic amines) is 1. The highest BCUT2D eigenvalue weighted by Crippen LogP contribution is 2.30. The maximum Gasteiger partial charge on any atom is 0.358 e. The summed E-state index contributed by atoms with van der Waals surface area (Å²) in [6, 6.07) is 1.85. The number of hydrogen-bond acceptors (Lipinski definition) is 5. The van der Waals surface area contributed by atoms with Gasteiger partial charge in [-0.2, -0.15) is 0 Å². The van der Waals surface area contributed by atoms with Gasteiger partial charge in [0, 0.05) is 13.1 Å². The third-order valence-corrected chi connectivity index (χ3v) is 5.45. The van der Waals surface area contributed by atoms with Crippen molar-refractivity contribution >= 4 is 39.1 Å². The van der Waals surface area contributed by atoms with E-state index in [1.807, 2.05) is 13.0 Å². The first-order valence-electron chi connectivity index (χ1n) is 6.16. The van der Waals surface area contributed by atoms with Crippen LogP contribution in [0.25, 0.3) is 0 Å². The van der Waals surface area contributed by atoms with Crippen LogP contribution in [0.15, 0.2) is 16.0 Å². The highest BCUT2D eigenvalue weighted by molar-refractivity contribution is 9.11. The van der Waals surface area contributed by atoms with E-state index in [4.69, 9.17) is 5.11 Å². The zero-order chi connectivity index (χ0) is 15.1. The summed E-state index contributed by atoms with van der Waals surface area (Å²) in [5, 5.41) is 16.2. The minimum atomic E-state index is -1.10. The summed E-state index contributed by atoms with van der Waals surface area (Å²) in [5.41, 5.74) is 0.959. The first-order chi connectivity index (χ1) is 9.95. The lowest BCUT2D eigenvalue weighted by atomic mass is 10.1. The van der Waals surface area contributed by atoms with E-state index in [9.17, 15) is 9.59 Å². The normalized spacial score (nSPS) is 15.0. The number of carboxylic acid groups (broad SMARTS) is 1. The van der Waals surface area contributed by atoms with Gasteiger partial charge in [-0.15, -0.1) is 16.4 Å². The first kappa shape index (κ1) is 14.2. The van der Waals surface area contributed by atoms with Gasteiger partial charge in [0.25, 0.3) is 5.91 Å². The van der Waals surface area contributed by atoms with E-state index in [0.29, 0.717) is 18.0 Å². The molecule has 0 atom stereocenters. The second-order valence-electron chi connectivity index (χ2n) is 4.82. The summed E-state index contributed by atoms with van der Waals surface area (Å²) >= 11 is 4.83.